The van der Waals surface area contributed by atoms with Crippen LogP contribution in [-0.2, 0) is 10.5 Å². The fourth-order valence-corrected chi connectivity index (χ4v) is 3.74. The van der Waals surface area contributed by atoms with Crippen molar-refractivity contribution in [2.75, 3.05) is 5.32 Å². The van der Waals surface area contributed by atoms with Crippen LogP contribution in [0.2, 0.25) is 5.02 Å². The molecule has 3 aromatic rings. The number of nitrogens with one attached hydrogen (secondary N) is 1. The van der Waals surface area contributed by atoms with Gasteiger partial charge >= 0.3 is 0 Å². The van der Waals surface area contributed by atoms with Gasteiger partial charge in [0.15, 0.2) is 5.60 Å². The van der Waals surface area contributed by atoms with E-state index in [-0.39, 0.29) is 5.91 Å². The molecule has 0 radical (unpaired) electrons. The molecule has 0 atom stereocenters. The molecule has 0 bridgehead atoms. The summed E-state index contributed by atoms with van der Waals surface area (Å²) in [5.74, 6) is 1.27. The summed E-state index contributed by atoms with van der Waals surface area (Å²) in [6.45, 7) is 5.49. The van der Waals surface area contributed by atoms with Gasteiger partial charge in [-0.25, -0.2) is 0 Å². The lowest BCUT2D eigenvalue weighted by atomic mass is 10.1. The topological polar surface area (TPSA) is 38.3 Å². The second-order valence-electron chi connectivity index (χ2n) is 7.27. The quantitative estimate of drug-likeness (QED) is 0.426. The number of carbonyl (C=O) groups is 1. The summed E-state index contributed by atoms with van der Waals surface area (Å²) in [4.78, 5) is 14.0. The van der Waals surface area contributed by atoms with Crippen LogP contribution >= 0.6 is 23.4 Å². The summed E-state index contributed by atoms with van der Waals surface area (Å²) in [5, 5.41) is 3.61. The maximum atomic E-state index is 12.8. The summed E-state index contributed by atoms with van der Waals surface area (Å²) in [6, 6.07) is 23.4. The molecule has 5 heteroatoms. The Balaban J connectivity index is 1.62. The van der Waals surface area contributed by atoms with E-state index in [1.807, 2.05) is 37.3 Å². The minimum atomic E-state index is -1.03. The summed E-state index contributed by atoms with van der Waals surface area (Å²) in [6.07, 6.45) is 0. The van der Waals surface area contributed by atoms with Crippen molar-refractivity contribution in [2.24, 2.45) is 0 Å². The predicted octanol–water partition coefficient (Wildman–Crippen LogP) is 6.74. The molecule has 0 aliphatic rings. The van der Waals surface area contributed by atoms with Crippen molar-refractivity contribution < 1.29 is 9.53 Å². The molecule has 150 valence electrons. The van der Waals surface area contributed by atoms with E-state index in [9.17, 15) is 4.79 Å². The molecule has 0 unspecified atom stereocenters. The van der Waals surface area contributed by atoms with Gasteiger partial charge in [0, 0.05) is 21.4 Å². The molecular weight excluding hydrogens is 402 g/mol. The van der Waals surface area contributed by atoms with Crippen LogP contribution in [0.4, 0.5) is 5.69 Å². The Kier molecular flexibility index (Phi) is 6.88. The average molecular weight is 426 g/mol. The third-order valence-electron chi connectivity index (χ3n) is 4.42. The maximum Gasteiger partial charge on any atom is 0.267 e. The van der Waals surface area contributed by atoms with Crippen LogP contribution in [0.1, 0.15) is 25.0 Å². The highest BCUT2D eigenvalue weighted by Crippen LogP contribution is 2.26. The lowest BCUT2D eigenvalue weighted by Gasteiger charge is -2.26. The van der Waals surface area contributed by atoms with E-state index in [4.69, 9.17) is 16.3 Å². The number of amides is 1. The molecule has 0 saturated carbocycles. The number of hydrogen-bond donors (Lipinski definition) is 1. The SMILES string of the molecule is Cc1cc(CSc2ccccc2)ccc1NC(=O)C(C)(C)Oc1ccc(Cl)cc1. The van der Waals surface area contributed by atoms with Crippen molar-refractivity contribution in [3.63, 3.8) is 0 Å². The van der Waals surface area contributed by atoms with E-state index in [1.165, 1.54) is 10.5 Å². The van der Waals surface area contributed by atoms with Gasteiger partial charge in [0.2, 0.25) is 0 Å². The average Bonchev–Trinajstić information content (AvgIpc) is 2.70. The highest BCUT2D eigenvalue weighted by molar-refractivity contribution is 7.98. The molecule has 3 aromatic carbocycles. The van der Waals surface area contributed by atoms with Gasteiger partial charge in [-0.2, -0.15) is 0 Å². The highest BCUT2D eigenvalue weighted by Gasteiger charge is 2.30. The number of rotatable bonds is 7. The minimum absolute atomic E-state index is 0.207. The van der Waals surface area contributed by atoms with E-state index < -0.39 is 5.60 Å². The smallest absolute Gasteiger partial charge is 0.267 e. The van der Waals surface area contributed by atoms with Gasteiger partial charge in [0.1, 0.15) is 5.75 Å². The maximum absolute atomic E-state index is 12.8. The molecule has 0 heterocycles. The summed E-state index contributed by atoms with van der Waals surface area (Å²) < 4.78 is 5.87. The molecule has 0 spiro atoms. The first-order chi connectivity index (χ1) is 13.8. The van der Waals surface area contributed by atoms with Crippen molar-refractivity contribution in [3.05, 3.63) is 88.9 Å². The molecule has 0 aliphatic heterocycles. The van der Waals surface area contributed by atoms with Crippen LogP contribution in [-0.4, -0.2) is 11.5 Å². The van der Waals surface area contributed by atoms with E-state index in [1.54, 1.807) is 49.9 Å². The first-order valence-corrected chi connectivity index (χ1v) is 10.7. The Morgan fingerprint density at radius 2 is 1.72 bits per heavy atom. The second kappa shape index (κ2) is 9.38. The fraction of sp³-hybridized carbons (Fsp3) is 0.208. The molecule has 29 heavy (non-hydrogen) atoms. The first kappa shape index (κ1) is 21.3. The van der Waals surface area contributed by atoms with Crippen molar-refractivity contribution in [3.8, 4) is 5.75 Å². The van der Waals surface area contributed by atoms with Gasteiger partial charge in [-0.1, -0.05) is 41.9 Å². The number of aryl methyl sites for hydroxylation is 1. The molecule has 1 amide bonds. The van der Waals surface area contributed by atoms with Crippen LogP contribution < -0.4 is 10.1 Å². The normalized spacial score (nSPS) is 11.2. The van der Waals surface area contributed by atoms with E-state index >= 15 is 0 Å². The van der Waals surface area contributed by atoms with Gasteiger partial charge < -0.3 is 10.1 Å². The van der Waals surface area contributed by atoms with Crippen molar-refractivity contribution >= 4 is 35.0 Å². The number of hydrogen-bond acceptors (Lipinski definition) is 3. The summed E-state index contributed by atoms with van der Waals surface area (Å²) in [7, 11) is 0. The van der Waals surface area contributed by atoms with E-state index in [2.05, 4.69) is 23.5 Å². The van der Waals surface area contributed by atoms with Crippen molar-refractivity contribution in [1.82, 2.24) is 0 Å². The molecule has 1 N–H and O–H groups in total. The number of carbonyl (C=O) groups excluding carboxylic acids is 1. The standard InChI is InChI=1S/C24H24ClNO2S/c1-17-15-18(16-29-21-7-5-4-6-8-21)9-14-22(17)26-23(27)24(2,3)28-20-12-10-19(25)11-13-20/h4-15H,16H2,1-3H3,(H,26,27). The van der Waals surface area contributed by atoms with Crippen LogP contribution in [0, 0.1) is 6.92 Å². The van der Waals surface area contributed by atoms with Gasteiger partial charge in [-0.15, -0.1) is 11.8 Å². The predicted molar refractivity (Wildman–Crippen MR) is 122 cm³/mol. The second-order valence-corrected chi connectivity index (χ2v) is 8.76. The molecule has 0 fully saturated rings. The van der Waals surface area contributed by atoms with Gasteiger partial charge in [0.05, 0.1) is 0 Å². The number of thioether (sulfide) groups is 1. The number of ether oxygens (including phenoxy) is 1. The Morgan fingerprint density at radius 3 is 2.38 bits per heavy atom. The Bertz CT molecular complexity index is 972. The molecule has 0 aromatic heterocycles. The highest BCUT2D eigenvalue weighted by atomic mass is 35.5. The molecule has 0 aliphatic carbocycles. The van der Waals surface area contributed by atoms with Crippen LogP contribution in [0.5, 0.6) is 5.75 Å². The number of halogens is 1. The van der Waals surface area contributed by atoms with Crippen molar-refractivity contribution in [2.45, 2.75) is 37.0 Å². The molecular formula is C24H24ClNO2S. The van der Waals surface area contributed by atoms with Gasteiger partial charge in [-0.3, -0.25) is 4.79 Å². The van der Waals surface area contributed by atoms with Crippen LogP contribution in [0.15, 0.2) is 77.7 Å². The zero-order valence-electron chi connectivity index (χ0n) is 16.7. The van der Waals surface area contributed by atoms with Crippen molar-refractivity contribution in [1.29, 1.82) is 0 Å². The van der Waals surface area contributed by atoms with Gasteiger partial charge in [0.25, 0.3) is 5.91 Å². The number of benzene rings is 3. The summed E-state index contributed by atoms with van der Waals surface area (Å²) in [5.41, 5.74) is 2.00. The van der Waals surface area contributed by atoms with E-state index in [0.717, 1.165) is 17.0 Å². The third kappa shape index (κ3) is 6.02. The first-order valence-electron chi connectivity index (χ1n) is 9.37. The zero-order chi connectivity index (χ0) is 20.9. The lowest BCUT2D eigenvalue weighted by Crippen LogP contribution is -2.42. The molecule has 0 saturated heterocycles. The van der Waals surface area contributed by atoms with E-state index in [0.29, 0.717) is 10.8 Å². The monoisotopic (exact) mass is 425 g/mol. The number of anilines is 1. The van der Waals surface area contributed by atoms with Crippen LogP contribution in [0.25, 0.3) is 0 Å². The third-order valence-corrected chi connectivity index (χ3v) is 5.76. The largest absolute Gasteiger partial charge is 0.478 e. The Labute approximate surface area is 181 Å². The summed E-state index contributed by atoms with van der Waals surface area (Å²) >= 11 is 7.70. The zero-order valence-corrected chi connectivity index (χ0v) is 18.3. The Morgan fingerprint density at radius 1 is 1.03 bits per heavy atom. The lowest BCUT2D eigenvalue weighted by molar-refractivity contribution is -0.128. The minimum Gasteiger partial charge on any atom is -0.478 e. The molecule has 3 nitrogen and oxygen atoms in total. The fourth-order valence-electron chi connectivity index (χ4n) is 2.76. The molecule has 3 rings (SSSR count). The Hall–Kier alpha value is -2.43. The van der Waals surface area contributed by atoms with Gasteiger partial charge in [-0.05, 0) is 74.4 Å². The van der Waals surface area contributed by atoms with Crippen LogP contribution in [0.3, 0.4) is 0 Å².